The highest BCUT2D eigenvalue weighted by Crippen LogP contribution is 2.27. The molecule has 2 atom stereocenters. The van der Waals surface area contributed by atoms with Gasteiger partial charge in [-0.15, -0.1) is 3.77 Å². The molecule has 0 saturated heterocycles. The largest absolute Gasteiger partial charge is 0.292 e. The second kappa shape index (κ2) is 10.3. The minimum Gasteiger partial charge on any atom is -0.292 e. The Kier molecular flexibility index (Phi) is 7.66. The maximum atomic E-state index is 14.6. The molecule has 0 heterocycles. The number of Topliss-reactive ketones (excluding diaryl/α,β-unsaturated/α-hetero) is 1. The molecular weight excluding hydrogens is 454 g/mol. The van der Waals surface area contributed by atoms with Crippen LogP contribution < -0.4 is 0 Å². The van der Waals surface area contributed by atoms with Gasteiger partial charge in [0.1, 0.15) is 15.0 Å². The monoisotopic (exact) mass is 481 g/mol. The van der Waals surface area contributed by atoms with Crippen molar-refractivity contribution in [1.29, 1.82) is 0 Å². The average molecular weight is 482 g/mol. The molecule has 0 saturated carbocycles. The quantitative estimate of drug-likeness (QED) is 0.306. The highest BCUT2D eigenvalue weighted by Gasteiger charge is 2.33. The fourth-order valence-electron chi connectivity index (χ4n) is 3.18. The average Bonchev–Trinajstić information content (AvgIpc) is 2.80. The van der Waals surface area contributed by atoms with Crippen LogP contribution >= 0.6 is 0 Å². The van der Waals surface area contributed by atoms with Crippen LogP contribution in [0.5, 0.6) is 0 Å². The lowest BCUT2D eigenvalue weighted by Gasteiger charge is -2.19. The molecule has 0 aliphatic carbocycles. The van der Waals surface area contributed by atoms with Gasteiger partial charge >= 0.3 is 0 Å². The van der Waals surface area contributed by atoms with Gasteiger partial charge in [-0.1, -0.05) is 92.2 Å². The first-order valence-electron chi connectivity index (χ1n) is 10.5. The summed E-state index contributed by atoms with van der Waals surface area (Å²) in [6.45, 7) is 5.68. The maximum absolute atomic E-state index is 14.6. The Balaban J connectivity index is 2.31. The number of benzene rings is 3. The molecule has 2 unspecified atom stereocenters. The van der Waals surface area contributed by atoms with Crippen LogP contribution in [0.15, 0.2) is 111 Å². The zero-order chi connectivity index (χ0) is 24.1. The number of nitrogens with zero attached hydrogens (tertiary/aromatic N) is 1. The van der Waals surface area contributed by atoms with Crippen LogP contribution in [0.4, 0.5) is 0 Å². The van der Waals surface area contributed by atoms with Crippen LogP contribution in [0.25, 0.3) is 0 Å². The van der Waals surface area contributed by atoms with Crippen LogP contribution in [0.1, 0.15) is 29.8 Å². The number of aryl methyl sites for hydroxylation is 1. The summed E-state index contributed by atoms with van der Waals surface area (Å²) in [5, 5.41) is -1.29. The van der Waals surface area contributed by atoms with Crippen molar-refractivity contribution in [3.63, 3.8) is 0 Å². The second-order valence-electron chi connectivity index (χ2n) is 8.02. The fraction of sp³-hybridized carbons (Fsp3) is 0.192. The summed E-state index contributed by atoms with van der Waals surface area (Å²) >= 11 is 0. The first-order valence-corrected chi connectivity index (χ1v) is 13.6. The van der Waals surface area contributed by atoms with Gasteiger partial charge in [0.15, 0.2) is 5.78 Å². The van der Waals surface area contributed by atoms with E-state index in [-0.39, 0.29) is 15.7 Å². The smallest absolute Gasteiger partial charge is 0.290 e. The number of hydrogen-bond donors (Lipinski definition) is 0. The van der Waals surface area contributed by atoms with Crippen molar-refractivity contribution < 1.29 is 17.4 Å². The zero-order valence-electron chi connectivity index (χ0n) is 18.8. The number of hydrogen-bond acceptors (Lipinski definition) is 4. The Hall–Kier alpha value is -3.03. The van der Waals surface area contributed by atoms with E-state index in [2.05, 4.69) is 3.77 Å². The molecule has 0 aliphatic rings. The first-order chi connectivity index (χ1) is 15.6. The van der Waals surface area contributed by atoms with Gasteiger partial charge in [0.05, 0.1) is 4.90 Å². The van der Waals surface area contributed by atoms with Crippen LogP contribution in [0.2, 0.25) is 0 Å². The number of ketones is 1. The summed E-state index contributed by atoms with van der Waals surface area (Å²) in [5.74, 6) is -0.395. The minimum absolute atomic E-state index is 0.0594. The SMILES string of the molecule is Cc1ccc(S(=O)(=O)N=S(=O)(c2ccccc2)C(/C=C/C(C)C)C(=O)c2ccccc2)cc1. The second-order valence-corrected chi connectivity index (χ2v) is 12.2. The van der Waals surface area contributed by atoms with Crippen molar-refractivity contribution in [3.8, 4) is 0 Å². The Morgan fingerprint density at radius 1 is 0.758 bits per heavy atom. The molecule has 0 amide bonds. The molecule has 0 fully saturated rings. The molecule has 33 heavy (non-hydrogen) atoms. The minimum atomic E-state index is -4.32. The first kappa shape index (κ1) is 24.6. The highest BCUT2D eigenvalue weighted by atomic mass is 32.3. The van der Waals surface area contributed by atoms with Crippen molar-refractivity contribution in [2.24, 2.45) is 9.69 Å². The molecule has 3 aromatic carbocycles. The zero-order valence-corrected chi connectivity index (χ0v) is 20.4. The Morgan fingerprint density at radius 2 is 1.30 bits per heavy atom. The lowest BCUT2D eigenvalue weighted by Crippen LogP contribution is -2.29. The third-order valence-corrected chi connectivity index (χ3v) is 9.49. The molecule has 0 aromatic heterocycles. The summed E-state index contributed by atoms with van der Waals surface area (Å²) in [6.07, 6.45) is 3.28. The van der Waals surface area contributed by atoms with Gasteiger partial charge in [-0.05, 0) is 37.1 Å². The Bertz CT molecular complexity index is 1350. The number of sulfonamides is 1. The Labute approximate surface area is 196 Å². The third-order valence-electron chi connectivity index (χ3n) is 4.94. The van der Waals surface area contributed by atoms with E-state index in [1.807, 2.05) is 20.8 Å². The lowest BCUT2D eigenvalue weighted by atomic mass is 10.1. The standard InChI is InChI=1S/C26H27NO4S2/c1-20(2)14-19-25(26(28)22-10-6-4-7-11-22)32(29,23-12-8-5-9-13-23)27-33(30,31)24-17-15-21(3)16-18-24/h4-20,25H,1-3H3/b19-14+. The number of rotatable bonds is 8. The normalized spacial score (nSPS) is 14.7. The molecule has 7 heteroatoms. The van der Waals surface area contributed by atoms with Crippen LogP contribution in [0.3, 0.4) is 0 Å². The van der Waals surface area contributed by atoms with E-state index in [9.17, 15) is 17.4 Å². The van der Waals surface area contributed by atoms with Gasteiger partial charge in [0, 0.05) is 10.5 Å². The summed E-state index contributed by atoms with van der Waals surface area (Å²) in [7, 11) is -8.09. The van der Waals surface area contributed by atoms with E-state index in [1.165, 1.54) is 18.2 Å². The van der Waals surface area contributed by atoms with E-state index in [1.54, 1.807) is 78.9 Å². The van der Waals surface area contributed by atoms with Crippen LogP contribution in [0, 0.1) is 12.8 Å². The van der Waals surface area contributed by atoms with Crippen LogP contribution in [-0.2, 0) is 19.8 Å². The molecule has 0 radical (unpaired) electrons. The van der Waals surface area contributed by atoms with Crippen molar-refractivity contribution in [2.75, 3.05) is 0 Å². The van der Waals surface area contributed by atoms with Gasteiger partial charge < -0.3 is 0 Å². The molecule has 172 valence electrons. The molecule has 0 aliphatic heterocycles. The Morgan fingerprint density at radius 3 is 1.85 bits per heavy atom. The number of allylic oxidation sites excluding steroid dienone is 1. The van der Waals surface area contributed by atoms with E-state index < -0.39 is 30.8 Å². The molecular formula is C26H27NO4S2. The summed E-state index contributed by atoms with van der Waals surface area (Å²) in [4.78, 5) is 13.7. The van der Waals surface area contributed by atoms with Gasteiger partial charge in [-0.25, -0.2) is 4.21 Å². The van der Waals surface area contributed by atoms with Crippen molar-refractivity contribution >= 4 is 25.5 Å². The molecule has 0 N–H and O–H groups in total. The molecule has 0 spiro atoms. The van der Waals surface area contributed by atoms with Crippen molar-refractivity contribution in [1.82, 2.24) is 0 Å². The van der Waals surface area contributed by atoms with E-state index in [0.29, 0.717) is 5.56 Å². The van der Waals surface area contributed by atoms with Gasteiger partial charge in [-0.2, -0.15) is 8.42 Å². The third kappa shape index (κ3) is 5.86. The molecule has 5 nitrogen and oxygen atoms in total. The lowest BCUT2D eigenvalue weighted by molar-refractivity contribution is 0.0999. The summed E-state index contributed by atoms with van der Waals surface area (Å²) in [5.41, 5.74) is 1.22. The van der Waals surface area contributed by atoms with Crippen LogP contribution in [-0.4, -0.2) is 23.7 Å². The van der Waals surface area contributed by atoms with Gasteiger partial charge in [0.2, 0.25) is 0 Å². The highest BCUT2D eigenvalue weighted by molar-refractivity contribution is 8.04. The summed E-state index contributed by atoms with van der Waals surface area (Å²) < 4.78 is 45.0. The molecule has 3 rings (SSSR count). The predicted molar refractivity (Wildman–Crippen MR) is 132 cm³/mol. The maximum Gasteiger partial charge on any atom is 0.290 e. The number of carbonyl (C=O) groups excluding carboxylic acids is 1. The topological polar surface area (TPSA) is 80.6 Å². The summed E-state index contributed by atoms with van der Waals surface area (Å²) in [6, 6.07) is 22.7. The van der Waals surface area contributed by atoms with Gasteiger partial charge in [-0.3, -0.25) is 4.79 Å². The van der Waals surface area contributed by atoms with Crippen molar-refractivity contribution in [2.45, 2.75) is 35.8 Å². The predicted octanol–water partition coefficient (Wildman–Crippen LogP) is 5.67. The van der Waals surface area contributed by atoms with E-state index in [0.717, 1.165) is 5.56 Å². The van der Waals surface area contributed by atoms with E-state index in [4.69, 9.17) is 0 Å². The van der Waals surface area contributed by atoms with Gasteiger partial charge in [0.25, 0.3) is 10.0 Å². The number of carbonyl (C=O) groups is 1. The molecule has 3 aromatic rings. The van der Waals surface area contributed by atoms with E-state index >= 15 is 0 Å². The molecule has 0 bridgehead atoms. The fourth-order valence-corrected chi connectivity index (χ4v) is 7.46. The van der Waals surface area contributed by atoms with Crippen molar-refractivity contribution in [3.05, 3.63) is 108 Å².